The molecule has 3 rings (SSSR count). The molecular weight excluding hydrogens is 421 g/mol. The van der Waals surface area contributed by atoms with Crippen molar-refractivity contribution < 1.29 is 35.6 Å². The van der Waals surface area contributed by atoms with Gasteiger partial charge in [0.2, 0.25) is 0 Å². The molecule has 0 bridgehead atoms. The first-order chi connectivity index (χ1) is 14.1. The standard InChI is InChI=1S/C21H19F3O5S/c22-21(23,24)10-3-11-30(26,27)29-18-6-2-5-17(13-18)28-20-7-1-4-16-12-15(14-25)8-9-19(16)20/h1-2,4-9,12-13,25H,3,10-11,14H2. The highest BCUT2D eigenvalue weighted by Crippen LogP contribution is 2.32. The molecule has 0 aliphatic carbocycles. The molecule has 0 unspecified atom stereocenters. The number of halogens is 3. The largest absolute Gasteiger partial charge is 0.457 e. The summed E-state index contributed by atoms with van der Waals surface area (Å²) in [7, 11) is -4.17. The molecule has 30 heavy (non-hydrogen) atoms. The van der Waals surface area contributed by atoms with E-state index in [1.165, 1.54) is 18.2 Å². The molecule has 0 heterocycles. The second-order valence-electron chi connectivity index (χ2n) is 6.61. The number of hydrogen-bond donors (Lipinski definition) is 1. The molecule has 5 nitrogen and oxygen atoms in total. The quantitative estimate of drug-likeness (QED) is 0.489. The van der Waals surface area contributed by atoms with Gasteiger partial charge in [-0.25, -0.2) is 0 Å². The van der Waals surface area contributed by atoms with E-state index in [0.29, 0.717) is 11.5 Å². The monoisotopic (exact) mass is 440 g/mol. The maximum Gasteiger partial charge on any atom is 0.389 e. The molecule has 0 radical (unpaired) electrons. The SMILES string of the molecule is O=S(=O)(CCCC(F)(F)F)Oc1cccc(Oc2cccc3cc(CO)ccc23)c1. The minimum Gasteiger partial charge on any atom is -0.457 e. The Labute approximate surface area is 171 Å². The van der Waals surface area contributed by atoms with Crippen molar-refractivity contribution in [3.05, 3.63) is 66.2 Å². The molecule has 0 amide bonds. The molecule has 0 atom stereocenters. The van der Waals surface area contributed by atoms with Crippen molar-refractivity contribution in [2.24, 2.45) is 0 Å². The lowest BCUT2D eigenvalue weighted by atomic mass is 10.1. The van der Waals surface area contributed by atoms with E-state index in [2.05, 4.69) is 0 Å². The number of fused-ring (bicyclic) bond motifs is 1. The minimum atomic E-state index is -4.42. The summed E-state index contributed by atoms with van der Waals surface area (Å²) in [6.45, 7) is -0.0855. The van der Waals surface area contributed by atoms with Crippen LogP contribution in [0.1, 0.15) is 18.4 Å². The fourth-order valence-corrected chi connectivity index (χ4v) is 3.82. The number of aliphatic hydroxyl groups excluding tert-OH is 1. The molecule has 1 N–H and O–H groups in total. The van der Waals surface area contributed by atoms with Gasteiger partial charge in [-0.15, -0.1) is 0 Å². The van der Waals surface area contributed by atoms with E-state index >= 15 is 0 Å². The van der Waals surface area contributed by atoms with Crippen molar-refractivity contribution in [3.8, 4) is 17.2 Å². The number of benzene rings is 3. The van der Waals surface area contributed by atoms with Crippen LogP contribution in [0, 0.1) is 0 Å². The van der Waals surface area contributed by atoms with Crippen LogP contribution in [0.3, 0.4) is 0 Å². The van der Waals surface area contributed by atoms with Crippen molar-refractivity contribution in [3.63, 3.8) is 0 Å². The first-order valence-corrected chi connectivity index (χ1v) is 10.6. The Morgan fingerprint density at radius 2 is 1.67 bits per heavy atom. The highest BCUT2D eigenvalue weighted by molar-refractivity contribution is 7.87. The first kappa shape index (κ1) is 21.9. The topological polar surface area (TPSA) is 72.8 Å². The summed E-state index contributed by atoms with van der Waals surface area (Å²) < 4.78 is 71.3. The molecule has 160 valence electrons. The van der Waals surface area contributed by atoms with Crippen LogP contribution in [0.4, 0.5) is 13.2 Å². The molecule has 0 spiro atoms. The van der Waals surface area contributed by atoms with Gasteiger partial charge >= 0.3 is 16.3 Å². The van der Waals surface area contributed by atoms with Crippen LogP contribution in [-0.4, -0.2) is 25.5 Å². The lowest BCUT2D eigenvalue weighted by Crippen LogP contribution is -2.16. The summed E-state index contributed by atoms with van der Waals surface area (Å²) in [5.74, 6) is 0.0231. The second-order valence-corrected chi connectivity index (χ2v) is 8.30. The fourth-order valence-electron chi connectivity index (χ4n) is 2.84. The maximum absolute atomic E-state index is 12.2. The third-order valence-electron chi connectivity index (χ3n) is 4.20. The van der Waals surface area contributed by atoms with E-state index in [0.717, 1.165) is 16.3 Å². The second kappa shape index (κ2) is 8.93. The lowest BCUT2D eigenvalue weighted by Gasteiger charge is -2.12. The van der Waals surface area contributed by atoms with E-state index < -0.39 is 34.9 Å². The van der Waals surface area contributed by atoms with Gasteiger partial charge < -0.3 is 14.0 Å². The van der Waals surface area contributed by atoms with Gasteiger partial charge in [-0.05, 0) is 41.6 Å². The summed E-state index contributed by atoms with van der Waals surface area (Å²) >= 11 is 0. The molecular formula is C21H19F3O5S. The zero-order valence-electron chi connectivity index (χ0n) is 15.7. The van der Waals surface area contributed by atoms with Crippen LogP contribution < -0.4 is 8.92 Å². The number of alkyl halides is 3. The molecule has 9 heteroatoms. The van der Waals surface area contributed by atoms with Gasteiger partial charge in [-0.1, -0.05) is 30.3 Å². The molecule has 0 saturated carbocycles. The fraction of sp³-hybridized carbons (Fsp3) is 0.238. The van der Waals surface area contributed by atoms with Crippen LogP contribution in [0.5, 0.6) is 17.2 Å². The van der Waals surface area contributed by atoms with Crippen molar-refractivity contribution >= 4 is 20.9 Å². The predicted molar refractivity (Wildman–Crippen MR) is 106 cm³/mol. The third-order valence-corrected chi connectivity index (χ3v) is 5.43. The first-order valence-electron chi connectivity index (χ1n) is 9.04. The molecule has 0 aromatic heterocycles. The predicted octanol–water partition coefficient (Wildman–Crippen LogP) is 5.18. The van der Waals surface area contributed by atoms with Gasteiger partial charge in [0.1, 0.15) is 17.2 Å². The molecule has 0 aliphatic heterocycles. The Bertz CT molecular complexity index is 1130. The van der Waals surface area contributed by atoms with Crippen LogP contribution in [-0.2, 0) is 16.7 Å². The molecule has 0 aliphatic rings. The molecule has 3 aromatic rings. The lowest BCUT2D eigenvalue weighted by molar-refractivity contribution is -0.134. The highest BCUT2D eigenvalue weighted by Gasteiger charge is 2.27. The summed E-state index contributed by atoms with van der Waals surface area (Å²) in [5.41, 5.74) is 0.755. The van der Waals surface area contributed by atoms with E-state index in [4.69, 9.17) is 8.92 Å². The van der Waals surface area contributed by atoms with Crippen LogP contribution in [0.25, 0.3) is 10.8 Å². The maximum atomic E-state index is 12.2. The molecule has 0 saturated heterocycles. The molecule has 0 fully saturated rings. The third kappa shape index (κ3) is 6.11. The summed E-state index contributed by atoms with van der Waals surface area (Å²) in [6, 6.07) is 16.6. The van der Waals surface area contributed by atoms with Crippen LogP contribution in [0.2, 0.25) is 0 Å². The Kier molecular flexibility index (Phi) is 6.52. The van der Waals surface area contributed by atoms with Gasteiger partial charge in [0, 0.05) is 17.9 Å². The van der Waals surface area contributed by atoms with Gasteiger partial charge in [0.15, 0.2) is 0 Å². The summed E-state index contributed by atoms with van der Waals surface area (Å²) in [4.78, 5) is 0. The summed E-state index contributed by atoms with van der Waals surface area (Å²) in [6.07, 6.45) is -6.19. The van der Waals surface area contributed by atoms with Crippen LogP contribution in [0.15, 0.2) is 60.7 Å². The normalized spacial score (nSPS) is 12.1. The van der Waals surface area contributed by atoms with Crippen molar-refractivity contribution in [2.75, 3.05) is 5.75 Å². The Morgan fingerprint density at radius 3 is 2.40 bits per heavy atom. The van der Waals surface area contributed by atoms with E-state index in [1.807, 2.05) is 18.2 Å². The number of aliphatic hydroxyl groups is 1. The van der Waals surface area contributed by atoms with Crippen molar-refractivity contribution in [1.82, 2.24) is 0 Å². The van der Waals surface area contributed by atoms with Gasteiger partial charge in [-0.2, -0.15) is 21.6 Å². The number of rotatable bonds is 8. The number of hydrogen-bond acceptors (Lipinski definition) is 5. The zero-order valence-corrected chi connectivity index (χ0v) is 16.5. The van der Waals surface area contributed by atoms with Gasteiger partial charge in [-0.3, -0.25) is 0 Å². The van der Waals surface area contributed by atoms with E-state index in [1.54, 1.807) is 24.3 Å². The zero-order chi connectivity index (χ0) is 21.8. The van der Waals surface area contributed by atoms with Crippen LogP contribution >= 0.6 is 0 Å². The van der Waals surface area contributed by atoms with E-state index in [-0.39, 0.29) is 12.4 Å². The smallest absolute Gasteiger partial charge is 0.389 e. The summed E-state index contributed by atoms with van der Waals surface area (Å²) in [5, 5.41) is 10.9. The Morgan fingerprint density at radius 1 is 0.933 bits per heavy atom. The van der Waals surface area contributed by atoms with Gasteiger partial charge in [0.25, 0.3) is 0 Å². The number of ether oxygens (including phenoxy) is 1. The Hall–Kier alpha value is -2.78. The minimum absolute atomic E-state index is 0.0534. The molecule has 3 aromatic carbocycles. The van der Waals surface area contributed by atoms with Crippen molar-refractivity contribution in [1.29, 1.82) is 0 Å². The average Bonchev–Trinajstić information content (AvgIpc) is 2.66. The van der Waals surface area contributed by atoms with E-state index in [9.17, 15) is 26.7 Å². The Balaban J connectivity index is 1.74. The van der Waals surface area contributed by atoms with Gasteiger partial charge in [0.05, 0.1) is 12.4 Å². The van der Waals surface area contributed by atoms with Crippen molar-refractivity contribution in [2.45, 2.75) is 25.6 Å². The highest BCUT2D eigenvalue weighted by atomic mass is 32.2. The average molecular weight is 440 g/mol.